The zero-order chi connectivity index (χ0) is 33.6. The van der Waals surface area contributed by atoms with Crippen molar-refractivity contribution in [2.45, 2.75) is 106 Å². The summed E-state index contributed by atoms with van der Waals surface area (Å²) in [6.07, 6.45) is 8.51. The number of esters is 1. The molecule has 3 aliphatic heterocycles. The minimum Gasteiger partial charge on any atom is -0.455 e. The lowest BCUT2D eigenvalue weighted by atomic mass is 9.53. The van der Waals surface area contributed by atoms with E-state index in [1.54, 1.807) is 62.4 Å². The van der Waals surface area contributed by atoms with Crippen LogP contribution in [-0.2, 0) is 28.5 Å². The average Bonchev–Trinajstić information content (AvgIpc) is 3.69. The van der Waals surface area contributed by atoms with Gasteiger partial charge in [0.2, 0.25) is 0 Å². The number of benzene rings is 1. The fourth-order valence-corrected chi connectivity index (χ4v) is 9.24. The molecule has 0 spiro atoms. The van der Waals surface area contributed by atoms with E-state index in [9.17, 15) is 24.9 Å². The van der Waals surface area contributed by atoms with Crippen LogP contribution in [0.4, 0.5) is 0 Å². The highest BCUT2D eigenvalue weighted by Gasteiger charge is 2.90. The first-order valence-electron chi connectivity index (χ1n) is 16.7. The molecule has 5 fully saturated rings. The van der Waals surface area contributed by atoms with Crippen molar-refractivity contribution in [3.63, 3.8) is 0 Å². The number of rotatable bonds is 10. The molecule has 0 aromatic heterocycles. The number of carbonyl (C=O) groups excluding carboxylic acids is 2. The minimum absolute atomic E-state index is 0.238. The van der Waals surface area contributed by atoms with Crippen LogP contribution in [0.15, 0.2) is 78.4 Å². The van der Waals surface area contributed by atoms with Gasteiger partial charge >= 0.3 is 11.9 Å². The SMILES string of the molecule is C=C(C)[C@@]12O[C@@]3(C=C/C=C/CCCCC)O[C@H]1[C@@H]1[C@@H]4O[C@]4(CO)[C@@H](O)[C@]4(O)C(=O)C(C)=C[C@H]4[C@@]1(O3)[C@H](C)[C@H]2OC(=O)c1ccccc1. The van der Waals surface area contributed by atoms with Crippen molar-refractivity contribution in [3.8, 4) is 0 Å². The minimum atomic E-state index is -2.41. The van der Waals surface area contributed by atoms with Crippen molar-refractivity contribution < 1.29 is 48.6 Å². The number of Topliss-reactive ketones (excluding diaryl/α,β-unsaturated/α-hetero) is 1. The maximum absolute atomic E-state index is 13.8. The van der Waals surface area contributed by atoms with Gasteiger partial charge in [-0.05, 0) is 50.0 Å². The second-order valence-corrected chi connectivity index (χ2v) is 14.1. The van der Waals surface area contributed by atoms with Crippen LogP contribution < -0.4 is 0 Å². The fraction of sp³-hybridized carbons (Fsp3) is 0.568. The van der Waals surface area contributed by atoms with Crippen LogP contribution in [0.5, 0.6) is 0 Å². The predicted molar refractivity (Wildman–Crippen MR) is 169 cm³/mol. The summed E-state index contributed by atoms with van der Waals surface area (Å²) >= 11 is 0. The summed E-state index contributed by atoms with van der Waals surface area (Å²) in [5.41, 5.74) is -6.01. The molecule has 6 aliphatic rings. The topological polar surface area (TPSA) is 144 Å². The Kier molecular flexibility index (Phi) is 7.65. The highest BCUT2D eigenvalue weighted by atomic mass is 16.9. The molecule has 3 saturated heterocycles. The number of allylic oxidation sites excluding steroid dienone is 3. The monoisotopic (exact) mass is 648 g/mol. The fourth-order valence-electron chi connectivity index (χ4n) is 9.24. The van der Waals surface area contributed by atoms with E-state index in [4.69, 9.17) is 23.7 Å². The molecule has 3 aliphatic carbocycles. The summed E-state index contributed by atoms with van der Waals surface area (Å²) in [5.74, 6) is -5.81. The molecule has 2 saturated carbocycles. The maximum atomic E-state index is 13.8. The van der Waals surface area contributed by atoms with Gasteiger partial charge in [0.05, 0.1) is 17.8 Å². The number of aliphatic hydroxyl groups is 3. The predicted octanol–water partition coefficient (Wildman–Crippen LogP) is 3.70. The lowest BCUT2D eigenvalue weighted by Gasteiger charge is -2.61. The van der Waals surface area contributed by atoms with E-state index >= 15 is 0 Å². The van der Waals surface area contributed by atoms with Crippen LogP contribution in [0.25, 0.3) is 0 Å². The third-order valence-electron chi connectivity index (χ3n) is 11.5. The zero-order valence-electron chi connectivity index (χ0n) is 27.3. The molecule has 1 aromatic carbocycles. The molecule has 3 heterocycles. The van der Waals surface area contributed by atoms with Crippen LogP contribution in [0.1, 0.15) is 63.7 Å². The first-order valence-corrected chi connectivity index (χ1v) is 16.7. The summed E-state index contributed by atoms with van der Waals surface area (Å²) in [6.45, 7) is 11.0. The van der Waals surface area contributed by atoms with E-state index in [0.717, 1.165) is 25.7 Å². The molecule has 10 nitrogen and oxygen atoms in total. The van der Waals surface area contributed by atoms with Gasteiger partial charge in [0.25, 0.3) is 0 Å². The number of fused-ring (bicyclic) bond motifs is 3. The average molecular weight is 649 g/mol. The van der Waals surface area contributed by atoms with E-state index in [1.165, 1.54) is 0 Å². The quantitative estimate of drug-likeness (QED) is 0.113. The van der Waals surface area contributed by atoms with Crippen molar-refractivity contribution in [1.29, 1.82) is 0 Å². The zero-order valence-corrected chi connectivity index (χ0v) is 27.3. The molecule has 0 unspecified atom stereocenters. The van der Waals surface area contributed by atoms with Crippen molar-refractivity contribution in [1.82, 2.24) is 0 Å². The van der Waals surface area contributed by atoms with E-state index in [1.807, 2.05) is 19.1 Å². The molecule has 3 N–H and O–H groups in total. The standard InChI is InChI=1S/C37H44O10/c1-6-7-8-9-10-11-15-18-34-45-30-26-29-33(20-38,44-29)32(41)35(42)25(19-22(4)27(35)39)37(26,47-34)23(5)28(36(30,46-34)21(2)3)43-31(40)24-16-13-12-14-17-24/h10-19,23,25-26,28-30,32,38,41-42H,2,6-9,20H2,1,3-5H3/b11-10+,18-15?/t23-,25-,26+,28-,29+,30+,32-,33+,34-,35-,36+,37+/m1/s1. The Balaban J connectivity index is 1.41. The number of hydrogen-bond acceptors (Lipinski definition) is 10. The molecule has 10 heteroatoms. The van der Waals surface area contributed by atoms with Gasteiger partial charge in [0, 0.05) is 23.8 Å². The largest absolute Gasteiger partial charge is 0.455 e. The van der Waals surface area contributed by atoms with Gasteiger partial charge in [-0.1, -0.05) is 75.8 Å². The van der Waals surface area contributed by atoms with E-state index in [-0.39, 0.29) is 5.57 Å². The van der Waals surface area contributed by atoms with Gasteiger partial charge in [0.15, 0.2) is 17.0 Å². The number of ether oxygens (including phenoxy) is 5. The maximum Gasteiger partial charge on any atom is 0.338 e. The summed E-state index contributed by atoms with van der Waals surface area (Å²) < 4.78 is 33.2. The van der Waals surface area contributed by atoms with Gasteiger partial charge in [-0.25, -0.2) is 4.79 Å². The number of epoxide rings is 1. The molecule has 1 aromatic rings. The second kappa shape index (κ2) is 11.0. The van der Waals surface area contributed by atoms with Crippen LogP contribution in [0, 0.1) is 17.8 Å². The van der Waals surface area contributed by atoms with E-state index < -0.39 is 88.9 Å². The van der Waals surface area contributed by atoms with Crippen molar-refractivity contribution in [2.24, 2.45) is 17.8 Å². The first kappa shape index (κ1) is 32.6. The van der Waals surface area contributed by atoms with Crippen LogP contribution in [0.3, 0.4) is 0 Å². The number of aliphatic hydroxyl groups excluding tert-OH is 2. The Labute approximate surface area is 274 Å². The lowest BCUT2D eigenvalue weighted by molar-refractivity contribution is -0.407. The first-order chi connectivity index (χ1) is 22.4. The van der Waals surface area contributed by atoms with Crippen molar-refractivity contribution in [3.05, 3.63) is 84.0 Å². The molecular formula is C37H44O10. The van der Waals surface area contributed by atoms with Gasteiger partial charge in [-0.3, -0.25) is 4.79 Å². The number of hydrogen-bond donors (Lipinski definition) is 3. The highest BCUT2D eigenvalue weighted by Crippen LogP contribution is 2.73. The Morgan fingerprint density at radius 3 is 2.53 bits per heavy atom. The number of carbonyl (C=O) groups is 2. The van der Waals surface area contributed by atoms with Crippen LogP contribution in [-0.4, -0.2) is 86.5 Å². The Morgan fingerprint density at radius 1 is 1.11 bits per heavy atom. The molecule has 252 valence electrons. The third kappa shape index (κ3) is 4.16. The smallest absolute Gasteiger partial charge is 0.338 e. The Bertz CT molecular complexity index is 1570. The van der Waals surface area contributed by atoms with Crippen LogP contribution >= 0.6 is 0 Å². The highest BCUT2D eigenvalue weighted by molar-refractivity contribution is 6.05. The second-order valence-electron chi connectivity index (χ2n) is 14.1. The molecule has 0 radical (unpaired) electrons. The van der Waals surface area contributed by atoms with Crippen LogP contribution in [0.2, 0.25) is 0 Å². The Morgan fingerprint density at radius 2 is 1.85 bits per heavy atom. The molecular weight excluding hydrogens is 604 g/mol. The molecule has 3 bridgehead atoms. The van der Waals surface area contributed by atoms with Crippen molar-refractivity contribution >= 4 is 11.8 Å². The Hall–Kier alpha value is -2.96. The number of ketones is 1. The van der Waals surface area contributed by atoms with Gasteiger partial charge in [0.1, 0.15) is 30.0 Å². The lowest BCUT2D eigenvalue weighted by Crippen LogP contribution is -2.76. The summed E-state index contributed by atoms with van der Waals surface area (Å²) in [5, 5.41) is 34.9. The summed E-state index contributed by atoms with van der Waals surface area (Å²) in [4.78, 5) is 27.6. The molecule has 0 amide bonds. The normalized spacial score (nSPS) is 45.8. The molecule has 47 heavy (non-hydrogen) atoms. The third-order valence-corrected chi connectivity index (χ3v) is 11.5. The summed E-state index contributed by atoms with van der Waals surface area (Å²) in [6, 6.07) is 8.57. The molecule has 7 rings (SSSR count). The van der Waals surface area contributed by atoms with Gasteiger partial charge in [-0.15, -0.1) is 0 Å². The van der Waals surface area contributed by atoms with E-state index in [2.05, 4.69) is 13.5 Å². The van der Waals surface area contributed by atoms with E-state index in [0.29, 0.717) is 11.1 Å². The van der Waals surface area contributed by atoms with Crippen molar-refractivity contribution in [2.75, 3.05) is 6.61 Å². The van der Waals surface area contributed by atoms with Gasteiger partial charge < -0.3 is 39.0 Å². The summed E-state index contributed by atoms with van der Waals surface area (Å²) in [7, 11) is 0. The molecule has 12 atom stereocenters. The number of unbranched alkanes of at least 4 members (excludes halogenated alkanes) is 3. The van der Waals surface area contributed by atoms with Gasteiger partial charge in [-0.2, -0.15) is 0 Å².